The highest BCUT2D eigenvalue weighted by molar-refractivity contribution is 7.26. The molecule has 8 aromatic carbocycles. The van der Waals surface area contributed by atoms with E-state index in [1.807, 2.05) is 11.3 Å². The van der Waals surface area contributed by atoms with Gasteiger partial charge in [-0.3, -0.25) is 0 Å². The van der Waals surface area contributed by atoms with Crippen LogP contribution in [0.15, 0.2) is 186 Å². The molecule has 3 heteroatoms. The van der Waals surface area contributed by atoms with Crippen molar-refractivity contribution in [1.29, 1.82) is 0 Å². The van der Waals surface area contributed by atoms with E-state index in [1.165, 1.54) is 47.6 Å². The molecule has 1 atom stereocenters. The van der Waals surface area contributed by atoms with Gasteiger partial charge in [0.2, 0.25) is 0 Å². The number of benzene rings is 8. The third-order valence-corrected chi connectivity index (χ3v) is 11.2. The van der Waals surface area contributed by atoms with Crippen LogP contribution in [0.1, 0.15) is 22.6 Å². The topological polar surface area (TPSA) is 16.4 Å². The Bertz CT molecular complexity index is 2780. The number of furan rings is 1. The van der Waals surface area contributed by atoms with Crippen molar-refractivity contribution in [1.82, 2.24) is 0 Å². The van der Waals surface area contributed by atoms with Crippen molar-refractivity contribution in [2.24, 2.45) is 0 Å². The van der Waals surface area contributed by atoms with E-state index in [0.717, 1.165) is 39.0 Å². The third kappa shape index (κ3) is 4.62. The molecule has 0 fully saturated rings. The van der Waals surface area contributed by atoms with E-state index < -0.39 is 0 Å². The van der Waals surface area contributed by atoms with Crippen molar-refractivity contribution in [3.05, 3.63) is 199 Å². The monoisotopic (exact) mass is 657 g/mol. The molecule has 50 heavy (non-hydrogen) atoms. The predicted octanol–water partition coefficient (Wildman–Crippen LogP) is 13.8. The summed E-state index contributed by atoms with van der Waals surface area (Å²) in [5, 5.41) is 7.32. The summed E-state index contributed by atoms with van der Waals surface area (Å²) in [6.07, 6.45) is 0. The Morgan fingerprint density at radius 1 is 0.420 bits per heavy atom. The van der Waals surface area contributed by atoms with E-state index in [0.29, 0.717) is 0 Å². The Kier molecular flexibility index (Phi) is 6.78. The smallest absolute Gasteiger partial charge is 0.136 e. The van der Waals surface area contributed by atoms with Crippen molar-refractivity contribution in [2.45, 2.75) is 5.92 Å². The maximum Gasteiger partial charge on any atom is 0.136 e. The third-order valence-electron chi connectivity index (χ3n) is 9.97. The summed E-state index contributed by atoms with van der Waals surface area (Å²) in [6, 6.07) is 65.4. The summed E-state index contributed by atoms with van der Waals surface area (Å²) in [5.74, 6) is 0.0117. The zero-order valence-electron chi connectivity index (χ0n) is 27.2. The molecule has 10 rings (SSSR count). The molecule has 0 radical (unpaired) electrons. The molecule has 0 aliphatic heterocycles. The van der Waals surface area contributed by atoms with E-state index >= 15 is 0 Å². The van der Waals surface area contributed by atoms with Crippen molar-refractivity contribution in [2.75, 3.05) is 4.90 Å². The Labute approximate surface area is 294 Å². The molecular formula is C47H31NOS. The Hall–Kier alpha value is -6.16. The Balaban J connectivity index is 1.23. The lowest BCUT2D eigenvalue weighted by atomic mass is 9.81. The minimum absolute atomic E-state index is 0.0117. The van der Waals surface area contributed by atoms with Gasteiger partial charge in [0.1, 0.15) is 11.2 Å². The second-order valence-electron chi connectivity index (χ2n) is 12.8. The zero-order chi connectivity index (χ0) is 33.0. The highest BCUT2D eigenvalue weighted by atomic mass is 32.1. The molecular weight excluding hydrogens is 627 g/mol. The lowest BCUT2D eigenvalue weighted by molar-refractivity contribution is 0.668. The van der Waals surface area contributed by atoms with E-state index in [2.05, 4.69) is 187 Å². The normalized spacial score (nSPS) is 12.3. The molecule has 0 spiro atoms. The van der Waals surface area contributed by atoms with Crippen molar-refractivity contribution < 1.29 is 4.42 Å². The summed E-state index contributed by atoms with van der Waals surface area (Å²) in [4.78, 5) is 2.31. The fourth-order valence-corrected chi connectivity index (χ4v) is 9.05. The van der Waals surface area contributed by atoms with Gasteiger partial charge in [-0.1, -0.05) is 127 Å². The van der Waals surface area contributed by atoms with E-state index in [1.54, 1.807) is 0 Å². The standard InChI is InChI=1S/C47H31NOS/c1-4-15-31(16-5-1)45(39-25-14-24-38-36-22-12-13-26-44(36)50-47(38)39)40-30-43-46(37-23-11-10-21-35(37)40)41-29-34(27-28-42(41)49-43)48(32-17-6-2-7-18-32)33-19-8-3-9-20-33/h1-30,45H. The fraction of sp³-hybridized carbons (Fsp3) is 0.0213. The van der Waals surface area contributed by atoms with Crippen LogP contribution in [0.25, 0.3) is 52.9 Å². The molecule has 236 valence electrons. The molecule has 0 N–H and O–H groups in total. The number of para-hydroxylation sites is 2. The van der Waals surface area contributed by atoms with E-state index in [9.17, 15) is 0 Å². The van der Waals surface area contributed by atoms with Crippen LogP contribution in [-0.4, -0.2) is 0 Å². The second kappa shape index (κ2) is 11.8. The van der Waals surface area contributed by atoms with Gasteiger partial charge in [-0.25, -0.2) is 0 Å². The van der Waals surface area contributed by atoms with E-state index in [-0.39, 0.29) is 5.92 Å². The van der Waals surface area contributed by atoms with Crippen LogP contribution in [0.5, 0.6) is 0 Å². The first kappa shape index (κ1) is 28.8. The average Bonchev–Trinajstić information content (AvgIpc) is 3.75. The maximum atomic E-state index is 6.79. The van der Waals surface area contributed by atoms with Gasteiger partial charge in [0.05, 0.1) is 0 Å². The van der Waals surface area contributed by atoms with Crippen LogP contribution < -0.4 is 4.90 Å². The lowest BCUT2D eigenvalue weighted by Gasteiger charge is -2.25. The van der Waals surface area contributed by atoms with Crippen molar-refractivity contribution in [3.8, 4) is 0 Å². The molecule has 1 unspecified atom stereocenters. The number of rotatable bonds is 6. The lowest BCUT2D eigenvalue weighted by Crippen LogP contribution is -2.09. The van der Waals surface area contributed by atoms with Crippen LogP contribution in [0.4, 0.5) is 17.1 Å². The number of hydrogen-bond acceptors (Lipinski definition) is 3. The molecule has 2 nitrogen and oxygen atoms in total. The summed E-state index contributed by atoms with van der Waals surface area (Å²) >= 11 is 1.89. The molecule has 0 aliphatic carbocycles. The average molecular weight is 658 g/mol. The molecule has 0 saturated heterocycles. The summed E-state index contributed by atoms with van der Waals surface area (Å²) in [7, 11) is 0. The van der Waals surface area contributed by atoms with Gasteiger partial charge >= 0.3 is 0 Å². The number of nitrogens with zero attached hydrogens (tertiary/aromatic N) is 1. The quantitative estimate of drug-likeness (QED) is 0.165. The SMILES string of the molecule is c1ccc(C(c2cc3oc4ccc(N(c5ccccc5)c5ccccc5)cc4c3c3ccccc23)c2cccc3c2sc2ccccc23)cc1. The molecule has 0 aliphatic rings. The van der Waals surface area contributed by atoms with Gasteiger partial charge in [-0.05, 0) is 82.1 Å². The predicted molar refractivity (Wildman–Crippen MR) is 213 cm³/mol. The molecule has 10 aromatic rings. The first-order chi connectivity index (χ1) is 24.8. The summed E-state index contributed by atoms with van der Waals surface area (Å²) in [6.45, 7) is 0. The summed E-state index contributed by atoms with van der Waals surface area (Å²) < 4.78 is 9.44. The zero-order valence-corrected chi connectivity index (χ0v) is 28.0. The number of hydrogen-bond donors (Lipinski definition) is 0. The van der Waals surface area contributed by atoms with Crippen LogP contribution in [0.2, 0.25) is 0 Å². The van der Waals surface area contributed by atoms with Gasteiger partial charge in [-0.15, -0.1) is 11.3 Å². The molecule has 0 saturated carbocycles. The van der Waals surface area contributed by atoms with Crippen LogP contribution >= 0.6 is 11.3 Å². The van der Waals surface area contributed by atoms with Crippen LogP contribution in [-0.2, 0) is 0 Å². The fourth-order valence-electron chi connectivity index (χ4n) is 7.80. The first-order valence-electron chi connectivity index (χ1n) is 17.0. The van der Waals surface area contributed by atoms with Crippen LogP contribution in [0.3, 0.4) is 0 Å². The second-order valence-corrected chi connectivity index (χ2v) is 13.9. The number of anilines is 3. The Morgan fingerprint density at radius 3 is 1.78 bits per heavy atom. The highest BCUT2D eigenvalue weighted by Gasteiger charge is 2.25. The van der Waals surface area contributed by atoms with Gasteiger partial charge in [0.25, 0.3) is 0 Å². The van der Waals surface area contributed by atoms with Gasteiger partial charge in [-0.2, -0.15) is 0 Å². The van der Waals surface area contributed by atoms with Gasteiger partial charge in [0, 0.05) is 53.9 Å². The van der Waals surface area contributed by atoms with Crippen LogP contribution in [0, 0.1) is 0 Å². The van der Waals surface area contributed by atoms with Gasteiger partial charge < -0.3 is 9.32 Å². The van der Waals surface area contributed by atoms with Crippen molar-refractivity contribution >= 4 is 81.3 Å². The molecule has 2 heterocycles. The number of thiophene rings is 1. The minimum Gasteiger partial charge on any atom is -0.456 e. The number of fused-ring (bicyclic) bond motifs is 8. The van der Waals surface area contributed by atoms with Crippen molar-refractivity contribution in [3.63, 3.8) is 0 Å². The minimum atomic E-state index is 0.0117. The largest absolute Gasteiger partial charge is 0.456 e. The van der Waals surface area contributed by atoms with E-state index in [4.69, 9.17) is 4.42 Å². The molecule has 0 bridgehead atoms. The molecule has 2 aromatic heterocycles. The highest BCUT2D eigenvalue weighted by Crippen LogP contribution is 2.47. The Morgan fingerprint density at radius 2 is 1.04 bits per heavy atom. The van der Waals surface area contributed by atoms with Gasteiger partial charge in [0.15, 0.2) is 0 Å². The first-order valence-corrected chi connectivity index (χ1v) is 17.9. The maximum absolute atomic E-state index is 6.79. The molecule has 0 amide bonds. The summed E-state index contributed by atoms with van der Waals surface area (Å²) in [5.41, 5.74) is 8.93.